The van der Waals surface area contributed by atoms with Crippen LogP contribution in [0.15, 0.2) is 30.3 Å². The number of ether oxygens (including phenoxy) is 2. The molecule has 1 aliphatic rings. The van der Waals surface area contributed by atoms with Crippen molar-refractivity contribution in [3.63, 3.8) is 0 Å². The predicted octanol–water partition coefficient (Wildman–Crippen LogP) is 1.25. The van der Waals surface area contributed by atoms with Crippen LogP contribution in [0.5, 0.6) is 0 Å². The Bertz CT molecular complexity index is 490. The van der Waals surface area contributed by atoms with E-state index in [9.17, 15) is 14.7 Å². The van der Waals surface area contributed by atoms with Crippen LogP contribution in [0.3, 0.4) is 0 Å². The van der Waals surface area contributed by atoms with Gasteiger partial charge in [0.25, 0.3) is 0 Å². The summed E-state index contributed by atoms with van der Waals surface area (Å²) in [6, 6.07) is 9.39. The number of aliphatic hydroxyl groups is 1. The molecule has 0 bridgehead atoms. The third kappa shape index (κ3) is 3.61. The van der Waals surface area contributed by atoms with Gasteiger partial charge in [-0.1, -0.05) is 0 Å². The van der Waals surface area contributed by atoms with Gasteiger partial charge in [0.1, 0.15) is 0 Å². The van der Waals surface area contributed by atoms with Crippen LogP contribution >= 0.6 is 0 Å². The van der Waals surface area contributed by atoms with Crippen molar-refractivity contribution in [1.29, 1.82) is 0 Å². The molecular weight excluding hydrogens is 323 g/mol. The van der Waals surface area contributed by atoms with E-state index < -0.39 is 27.3 Å². The number of benzene rings is 1. The number of rotatable bonds is 6. The van der Waals surface area contributed by atoms with Crippen LogP contribution in [0.1, 0.15) is 18.9 Å². The molecule has 1 aromatic carbocycles. The van der Waals surface area contributed by atoms with Gasteiger partial charge in [0.2, 0.25) is 0 Å². The van der Waals surface area contributed by atoms with E-state index in [2.05, 4.69) is 0 Å². The monoisotopic (exact) mass is 340 g/mol. The SMILES string of the molecule is CCOC(=O)C1(O)CC1[AsH]C(=O)OCc1ccccc1. The second-order valence-electron chi connectivity index (χ2n) is 4.61. The van der Waals surface area contributed by atoms with Crippen molar-refractivity contribution in [3.8, 4) is 0 Å². The molecule has 0 aliphatic heterocycles. The molecule has 0 aromatic heterocycles. The van der Waals surface area contributed by atoms with Gasteiger partial charge in [0.15, 0.2) is 0 Å². The Morgan fingerprint density at radius 3 is 2.70 bits per heavy atom. The van der Waals surface area contributed by atoms with E-state index >= 15 is 0 Å². The second-order valence-corrected chi connectivity index (χ2v) is 7.53. The fourth-order valence-electron chi connectivity index (χ4n) is 1.81. The first-order valence-corrected chi connectivity index (χ1v) is 8.69. The van der Waals surface area contributed by atoms with Crippen molar-refractivity contribution in [3.05, 3.63) is 35.9 Å². The minimum absolute atomic E-state index is 0.228. The van der Waals surface area contributed by atoms with Crippen molar-refractivity contribution in [1.82, 2.24) is 0 Å². The summed E-state index contributed by atoms with van der Waals surface area (Å²) in [7, 11) is 0. The Morgan fingerprint density at radius 1 is 1.35 bits per heavy atom. The van der Waals surface area contributed by atoms with Crippen molar-refractivity contribution in [2.45, 2.75) is 30.3 Å². The molecule has 0 radical (unpaired) electrons. The van der Waals surface area contributed by atoms with Crippen molar-refractivity contribution in [2.75, 3.05) is 6.61 Å². The molecule has 0 heterocycles. The van der Waals surface area contributed by atoms with Gasteiger partial charge in [-0.05, 0) is 0 Å². The first kappa shape index (κ1) is 15.1. The average molecular weight is 340 g/mol. The number of carbonyl (C=O) groups is 2. The maximum atomic E-state index is 11.7. The summed E-state index contributed by atoms with van der Waals surface area (Å²) in [6.07, 6.45) is 0.312. The fourth-order valence-corrected chi connectivity index (χ4v) is 4.35. The summed E-state index contributed by atoms with van der Waals surface area (Å²) < 4.78 is 9.39. The van der Waals surface area contributed by atoms with Gasteiger partial charge in [0.05, 0.1) is 0 Å². The summed E-state index contributed by atoms with van der Waals surface area (Å²) in [5.74, 6) is -0.621. The van der Waals surface area contributed by atoms with Gasteiger partial charge < -0.3 is 0 Å². The van der Waals surface area contributed by atoms with E-state index in [-0.39, 0.29) is 22.7 Å². The van der Waals surface area contributed by atoms with Crippen LogP contribution < -0.4 is 0 Å². The topological polar surface area (TPSA) is 72.8 Å². The number of hydrogen-bond donors (Lipinski definition) is 1. The molecule has 20 heavy (non-hydrogen) atoms. The Hall–Kier alpha value is -1.32. The first-order chi connectivity index (χ1) is 9.56. The molecule has 1 N–H and O–H groups in total. The van der Waals surface area contributed by atoms with E-state index in [4.69, 9.17) is 9.47 Å². The van der Waals surface area contributed by atoms with Crippen LogP contribution in [0.4, 0.5) is 4.79 Å². The summed E-state index contributed by atoms with van der Waals surface area (Å²) in [5.41, 5.74) is -0.522. The standard InChI is InChI=1S/C14H17AsO5/c1-2-19-12(16)14(18)8-11(14)15-13(17)20-9-10-6-4-3-5-7-10/h3-7,11,15,18H,2,8-9H2,1H3. The molecule has 1 fully saturated rings. The molecule has 1 aliphatic carbocycles. The van der Waals surface area contributed by atoms with Crippen LogP contribution in [-0.2, 0) is 20.9 Å². The Balaban J connectivity index is 1.75. The van der Waals surface area contributed by atoms with E-state index in [0.29, 0.717) is 6.42 Å². The summed E-state index contributed by atoms with van der Waals surface area (Å²) >= 11 is -1.18. The molecule has 2 rings (SSSR count). The third-order valence-corrected chi connectivity index (χ3v) is 6.02. The van der Waals surface area contributed by atoms with Gasteiger partial charge >= 0.3 is 123 Å². The van der Waals surface area contributed by atoms with Gasteiger partial charge in [-0.3, -0.25) is 0 Å². The summed E-state index contributed by atoms with van der Waals surface area (Å²) in [4.78, 5) is 23.2. The zero-order chi connectivity index (χ0) is 14.6. The molecule has 0 spiro atoms. The predicted molar refractivity (Wildman–Crippen MR) is 73.7 cm³/mol. The summed E-state index contributed by atoms with van der Waals surface area (Å²) in [6.45, 7) is 2.14. The molecule has 3 atom stereocenters. The molecule has 1 aromatic rings. The van der Waals surface area contributed by atoms with E-state index in [1.54, 1.807) is 6.92 Å². The van der Waals surface area contributed by atoms with Crippen LogP contribution in [0.25, 0.3) is 0 Å². The van der Waals surface area contributed by atoms with Gasteiger partial charge in [-0.25, -0.2) is 0 Å². The second kappa shape index (κ2) is 6.42. The summed E-state index contributed by atoms with van der Waals surface area (Å²) in [5, 5.41) is 9.97. The Labute approximate surface area is 124 Å². The fraction of sp³-hybridized carbons (Fsp3) is 0.429. The molecule has 1 saturated carbocycles. The Kier molecular flexibility index (Phi) is 4.84. The molecule has 0 saturated heterocycles. The zero-order valence-electron chi connectivity index (χ0n) is 11.2. The number of carbonyl (C=O) groups excluding carboxylic acids is 2. The number of esters is 1. The minimum atomic E-state index is -1.44. The molecule has 108 valence electrons. The number of hydrogen-bond acceptors (Lipinski definition) is 5. The molecule has 5 nitrogen and oxygen atoms in total. The van der Waals surface area contributed by atoms with Gasteiger partial charge in [-0.2, -0.15) is 0 Å². The third-order valence-electron chi connectivity index (χ3n) is 3.07. The average Bonchev–Trinajstić information content (AvgIpc) is 3.10. The Morgan fingerprint density at radius 2 is 2.05 bits per heavy atom. The van der Waals surface area contributed by atoms with Crippen molar-refractivity contribution >= 4 is 26.5 Å². The quantitative estimate of drug-likeness (QED) is 0.623. The zero-order valence-corrected chi connectivity index (χ0v) is 13.3. The van der Waals surface area contributed by atoms with Gasteiger partial charge in [-0.15, -0.1) is 0 Å². The van der Waals surface area contributed by atoms with Crippen LogP contribution in [0.2, 0.25) is 4.71 Å². The molecule has 6 heteroatoms. The maximum absolute atomic E-state index is 11.7. The van der Waals surface area contributed by atoms with Crippen LogP contribution in [0, 0.1) is 0 Å². The molecule has 0 amide bonds. The van der Waals surface area contributed by atoms with E-state index in [1.165, 1.54) is 0 Å². The molecule has 3 unspecified atom stereocenters. The van der Waals surface area contributed by atoms with Crippen LogP contribution in [-0.4, -0.2) is 43.8 Å². The first-order valence-electron chi connectivity index (χ1n) is 6.43. The van der Waals surface area contributed by atoms with E-state index in [0.717, 1.165) is 5.56 Å². The molecular formula is C14H17AsO5. The van der Waals surface area contributed by atoms with Crippen molar-refractivity contribution < 1.29 is 24.2 Å². The normalized spacial score (nSPS) is 24.6. The van der Waals surface area contributed by atoms with Gasteiger partial charge in [0, 0.05) is 0 Å². The van der Waals surface area contributed by atoms with E-state index in [1.807, 2.05) is 30.3 Å². The van der Waals surface area contributed by atoms with Crippen molar-refractivity contribution in [2.24, 2.45) is 0 Å².